The van der Waals surface area contributed by atoms with Gasteiger partial charge in [-0.05, 0) is 98.3 Å². The van der Waals surface area contributed by atoms with Gasteiger partial charge in [-0.2, -0.15) is 0 Å². The Balaban J connectivity index is 2.37. The zero-order chi connectivity index (χ0) is 32.5. The lowest BCUT2D eigenvalue weighted by Crippen LogP contribution is -2.63. The van der Waals surface area contributed by atoms with Crippen LogP contribution in [0.5, 0.6) is 0 Å². The maximum atomic E-state index is 8.47. The zero-order valence-corrected chi connectivity index (χ0v) is 31.8. The zero-order valence-electron chi connectivity index (χ0n) is 30.1. The maximum absolute atomic E-state index is 8.47. The van der Waals surface area contributed by atoms with Gasteiger partial charge in [-0.3, -0.25) is 0 Å². The van der Waals surface area contributed by atoms with E-state index in [0.717, 1.165) is 25.7 Å². The number of aryl methyl sites for hydroxylation is 4. The van der Waals surface area contributed by atoms with E-state index in [1.807, 2.05) is 0 Å². The molecule has 0 nitrogen and oxygen atoms in total. The smallest absolute Gasteiger partial charge is 0.149 e. The topological polar surface area (TPSA) is 0 Å². The Labute approximate surface area is 278 Å². The molecule has 0 saturated carbocycles. The van der Waals surface area contributed by atoms with Crippen LogP contribution in [0, 0.1) is 0 Å². The second-order valence-corrected chi connectivity index (χ2v) is 20.1. The van der Waals surface area contributed by atoms with Crippen molar-refractivity contribution < 1.29 is 0 Å². The molecule has 2 heteroatoms. The minimum absolute atomic E-state index is 0.0353. The molecule has 0 aliphatic rings. The minimum Gasteiger partial charge on any atom is -0.149 e. The molecular formula is C42H63ClSi. The molecule has 0 fully saturated rings. The first kappa shape index (κ1) is 36.6. The maximum Gasteiger partial charge on any atom is 0.247 e. The monoisotopic (exact) mass is 630 g/mol. The number of benzene rings is 3. The molecule has 242 valence electrons. The summed E-state index contributed by atoms with van der Waals surface area (Å²) >= 11 is 8.47. The number of halogens is 1. The Kier molecular flexibility index (Phi) is 13.4. The van der Waals surface area contributed by atoms with Crippen LogP contribution in [0.15, 0.2) is 54.6 Å². The van der Waals surface area contributed by atoms with Crippen LogP contribution < -0.4 is 15.6 Å². The van der Waals surface area contributed by atoms with Crippen molar-refractivity contribution in [2.24, 2.45) is 0 Å². The lowest BCUT2D eigenvalue weighted by molar-refractivity contribution is 0.569. The summed E-state index contributed by atoms with van der Waals surface area (Å²) in [5.41, 5.74) is 8.59. The van der Waals surface area contributed by atoms with Gasteiger partial charge >= 0.3 is 0 Å². The van der Waals surface area contributed by atoms with Crippen LogP contribution >= 0.6 is 11.1 Å². The molecule has 0 bridgehead atoms. The largest absolute Gasteiger partial charge is 0.247 e. The molecule has 3 rings (SSSR count). The summed E-state index contributed by atoms with van der Waals surface area (Å²) in [6, 6.07) is 22.3. The summed E-state index contributed by atoms with van der Waals surface area (Å²) in [7, 11) is -2.89. The molecule has 1 atom stereocenters. The van der Waals surface area contributed by atoms with Crippen molar-refractivity contribution in [1.29, 1.82) is 0 Å². The van der Waals surface area contributed by atoms with E-state index in [4.69, 9.17) is 11.1 Å². The first-order valence-corrected chi connectivity index (χ1v) is 20.9. The van der Waals surface area contributed by atoms with Crippen LogP contribution in [-0.2, 0) is 36.5 Å². The average Bonchev–Trinajstić information content (AvgIpc) is 2.99. The van der Waals surface area contributed by atoms with Gasteiger partial charge in [0.15, 0.2) is 0 Å². The third-order valence-corrected chi connectivity index (χ3v) is 14.6. The Bertz CT molecular complexity index is 1250. The number of unbranched alkanes of at least 4 members (excludes halogenated alkanes) is 6. The summed E-state index contributed by atoms with van der Waals surface area (Å²) in [4.78, 5) is 0. The lowest BCUT2D eigenvalue weighted by atomic mass is 9.81. The first-order valence-electron chi connectivity index (χ1n) is 17.9. The third-order valence-electron chi connectivity index (χ3n) is 9.42. The quantitative estimate of drug-likeness (QED) is 0.0678. The van der Waals surface area contributed by atoms with Crippen molar-refractivity contribution in [3.05, 3.63) is 88.0 Å². The van der Waals surface area contributed by atoms with Crippen LogP contribution in [-0.4, -0.2) is 7.38 Å². The summed E-state index contributed by atoms with van der Waals surface area (Å²) in [6.45, 7) is 23.2. The van der Waals surface area contributed by atoms with Gasteiger partial charge < -0.3 is 0 Å². The van der Waals surface area contributed by atoms with E-state index in [-0.39, 0.29) is 10.8 Å². The van der Waals surface area contributed by atoms with Crippen molar-refractivity contribution in [2.75, 3.05) is 0 Å². The van der Waals surface area contributed by atoms with Crippen molar-refractivity contribution in [3.8, 4) is 0 Å². The van der Waals surface area contributed by atoms with Crippen LogP contribution in [0.25, 0.3) is 0 Å². The highest BCUT2D eigenvalue weighted by atomic mass is 35.6. The van der Waals surface area contributed by atoms with Crippen molar-refractivity contribution in [2.45, 2.75) is 157 Å². The molecule has 1 unspecified atom stereocenters. The van der Waals surface area contributed by atoms with Gasteiger partial charge in [-0.25, -0.2) is 0 Å². The van der Waals surface area contributed by atoms with Crippen LogP contribution in [0.1, 0.15) is 154 Å². The summed E-state index contributed by atoms with van der Waals surface area (Å²) in [5.74, 6) is 0. The highest BCUT2D eigenvalue weighted by molar-refractivity contribution is 7.40. The summed E-state index contributed by atoms with van der Waals surface area (Å²) in [5, 5.41) is 4.06. The van der Waals surface area contributed by atoms with Crippen LogP contribution in [0.2, 0.25) is 0 Å². The normalized spacial score (nSPS) is 13.7. The van der Waals surface area contributed by atoms with Crippen LogP contribution in [0.4, 0.5) is 0 Å². The third kappa shape index (κ3) is 9.59. The fourth-order valence-corrected chi connectivity index (χ4v) is 10.6. The molecular weight excluding hydrogens is 568 g/mol. The Morgan fingerprint density at radius 3 is 1.18 bits per heavy atom. The molecule has 3 aromatic carbocycles. The van der Waals surface area contributed by atoms with E-state index in [0.29, 0.717) is 0 Å². The van der Waals surface area contributed by atoms with Crippen LogP contribution in [0.3, 0.4) is 0 Å². The molecule has 44 heavy (non-hydrogen) atoms. The standard InChI is InChI=1S/C42H63ClSi/c1-11-15-17-19-21-34-24-35(22-20-18-16-12-2)28-39(27-34)44(43,38-25-32(13-3)23-33(14-4)26-38)40-30-36(41(5,6)7)29-37(31-40)42(8,9)10/h23-31H,11-22H2,1-10H3. The molecule has 0 aliphatic heterocycles. The van der Waals surface area contributed by atoms with Gasteiger partial charge in [0.25, 0.3) is 0 Å². The highest BCUT2D eigenvalue weighted by Gasteiger charge is 2.40. The second-order valence-electron chi connectivity index (χ2n) is 15.4. The number of rotatable bonds is 15. The van der Waals surface area contributed by atoms with Gasteiger partial charge in [0.2, 0.25) is 7.38 Å². The molecule has 0 saturated heterocycles. The number of hydrogen-bond donors (Lipinski definition) is 0. The molecule has 0 amide bonds. The van der Waals surface area contributed by atoms with E-state index in [2.05, 4.69) is 124 Å². The Morgan fingerprint density at radius 1 is 0.455 bits per heavy atom. The van der Waals surface area contributed by atoms with Gasteiger partial charge in [0.05, 0.1) is 0 Å². The van der Waals surface area contributed by atoms with Crippen molar-refractivity contribution >= 4 is 34.0 Å². The van der Waals surface area contributed by atoms with Gasteiger partial charge in [0, 0.05) is 0 Å². The predicted octanol–water partition coefficient (Wildman–Crippen LogP) is 10.9. The molecule has 0 aromatic heterocycles. The first-order chi connectivity index (χ1) is 20.8. The summed E-state index contributed by atoms with van der Waals surface area (Å²) in [6.07, 6.45) is 14.6. The molecule has 0 radical (unpaired) electrons. The molecule has 0 spiro atoms. The molecule has 3 aromatic rings. The van der Waals surface area contributed by atoms with Gasteiger partial charge in [0.1, 0.15) is 0 Å². The van der Waals surface area contributed by atoms with Gasteiger partial charge in [-0.1, -0.05) is 162 Å². The predicted molar refractivity (Wildman–Crippen MR) is 202 cm³/mol. The van der Waals surface area contributed by atoms with E-state index in [1.54, 1.807) is 0 Å². The van der Waals surface area contributed by atoms with E-state index < -0.39 is 7.38 Å². The molecule has 0 aliphatic carbocycles. The SMILES string of the molecule is CCCCCCc1cc(CCCCCC)cc([Si](Cl)(c2cc(CC)cc(CC)c2)c2cc(C(C)(C)C)cc(C(C)(C)C)c2)c1. The minimum atomic E-state index is -2.89. The number of hydrogen-bond acceptors (Lipinski definition) is 0. The molecule has 0 heterocycles. The lowest BCUT2D eigenvalue weighted by Gasteiger charge is -2.33. The Morgan fingerprint density at radius 2 is 0.818 bits per heavy atom. The second kappa shape index (κ2) is 16.1. The molecule has 0 N–H and O–H groups in total. The van der Waals surface area contributed by atoms with E-state index >= 15 is 0 Å². The fourth-order valence-electron chi connectivity index (χ4n) is 6.32. The fraction of sp³-hybridized carbons (Fsp3) is 0.571. The highest BCUT2D eigenvalue weighted by Crippen LogP contribution is 2.30. The Hall–Kier alpha value is -1.83. The summed E-state index contributed by atoms with van der Waals surface area (Å²) < 4.78 is 0. The van der Waals surface area contributed by atoms with Crippen molar-refractivity contribution in [3.63, 3.8) is 0 Å². The van der Waals surface area contributed by atoms with Gasteiger partial charge in [-0.15, -0.1) is 11.1 Å². The van der Waals surface area contributed by atoms with E-state index in [9.17, 15) is 0 Å². The van der Waals surface area contributed by atoms with Crippen molar-refractivity contribution in [1.82, 2.24) is 0 Å². The van der Waals surface area contributed by atoms with E-state index in [1.165, 1.54) is 100 Å². The average molecular weight is 632 g/mol.